The van der Waals surface area contributed by atoms with E-state index < -0.39 is 24.2 Å². The summed E-state index contributed by atoms with van der Waals surface area (Å²) >= 11 is 0. The molecule has 22 heavy (non-hydrogen) atoms. The van der Waals surface area contributed by atoms with E-state index >= 15 is 0 Å². The Morgan fingerprint density at radius 2 is 0.682 bits per heavy atom. The van der Waals surface area contributed by atoms with Gasteiger partial charge in [0.15, 0.2) is 0 Å². The second-order valence-electron chi connectivity index (χ2n) is 13.1. The van der Waals surface area contributed by atoms with Crippen molar-refractivity contribution in [3.8, 4) is 0 Å². The van der Waals surface area contributed by atoms with Crippen molar-refractivity contribution in [2.75, 3.05) is 28.2 Å². The topological polar surface area (TPSA) is 0 Å². The molecule has 5 heteroatoms. The first-order valence-corrected chi connectivity index (χ1v) is 20.3. The first-order valence-electron chi connectivity index (χ1n) is 9.15. The minimum atomic E-state index is -0.920. The lowest BCUT2D eigenvalue weighted by atomic mass is 9.31. The number of rotatable bonds is 6. The average Bonchev–Trinajstić information content (AvgIpc) is 1.82. The maximum absolute atomic E-state index is 2.66. The molecule has 0 bridgehead atoms. The van der Waals surface area contributed by atoms with Gasteiger partial charge < -0.3 is 4.48 Å². The van der Waals surface area contributed by atoms with E-state index in [0.717, 1.165) is 4.48 Å². The molecule has 0 aliphatic carbocycles. The molecular formula is C17H48BNSi3. The van der Waals surface area contributed by atoms with Crippen molar-refractivity contribution in [3.05, 3.63) is 0 Å². The lowest BCUT2D eigenvalue weighted by molar-refractivity contribution is -0.849. The number of quaternary nitrogens is 1. The van der Waals surface area contributed by atoms with E-state index in [1.54, 1.807) is 17.8 Å². The van der Waals surface area contributed by atoms with Gasteiger partial charge in [-0.1, -0.05) is 58.9 Å². The Hall–Kier alpha value is 0.676. The fraction of sp³-hybridized carbons (Fsp3) is 1.00. The molecule has 0 aliphatic rings. The third-order valence-corrected chi connectivity index (χ3v) is 9.95. The van der Waals surface area contributed by atoms with Crippen LogP contribution in [-0.4, -0.2) is 63.0 Å². The summed E-state index contributed by atoms with van der Waals surface area (Å²) in [5.41, 5.74) is 0. The smallest absolute Gasteiger partial charge is 0.0675 e. The van der Waals surface area contributed by atoms with E-state index in [9.17, 15) is 0 Å². The van der Waals surface area contributed by atoms with E-state index in [1.165, 1.54) is 0 Å². The SMILES string of the molecule is C[B-](C[Si](C)(C)C)(C[Si](C)(C)C)C[Si](C)(C)C.C[N+](C)(C)C. The van der Waals surface area contributed by atoms with Crippen LogP contribution in [0.2, 0.25) is 83.6 Å². The molecule has 0 radical (unpaired) electrons. The molecule has 0 rings (SSSR count). The largest absolute Gasteiger partial charge is 0.333 e. The average molecular weight is 362 g/mol. The number of hydrogen-bond donors (Lipinski definition) is 0. The van der Waals surface area contributed by atoms with Crippen LogP contribution in [0.3, 0.4) is 0 Å². The van der Waals surface area contributed by atoms with Crippen molar-refractivity contribution < 1.29 is 4.48 Å². The van der Waals surface area contributed by atoms with Gasteiger partial charge in [-0.3, -0.25) is 0 Å². The van der Waals surface area contributed by atoms with Crippen molar-refractivity contribution in [2.45, 2.75) is 83.6 Å². The van der Waals surface area contributed by atoms with E-state index in [-0.39, 0.29) is 6.15 Å². The van der Waals surface area contributed by atoms with Crippen molar-refractivity contribution in [2.24, 2.45) is 0 Å². The highest BCUT2D eigenvalue weighted by Crippen LogP contribution is 2.34. The summed E-state index contributed by atoms with van der Waals surface area (Å²) in [7, 11) is 5.74. The molecule has 0 unspecified atom stereocenters. The standard InChI is InChI=1S/C13H36BSi3.C4H12N/c1-14(11-15(2,3)4,12-16(5,6)7)13-17(8,9)10;1-5(2,3)4/h11-13H2,1-10H3;1-4H3/q-1;+1. The van der Waals surface area contributed by atoms with E-state index in [0.29, 0.717) is 0 Å². The minimum Gasteiger partial charge on any atom is -0.333 e. The van der Waals surface area contributed by atoms with Gasteiger partial charge in [-0.25, -0.2) is 0 Å². The molecule has 0 atom stereocenters. The predicted molar refractivity (Wildman–Crippen MR) is 120 cm³/mol. The lowest BCUT2D eigenvalue weighted by Gasteiger charge is -2.47. The molecule has 0 spiro atoms. The van der Waals surface area contributed by atoms with Gasteiger partial charge in [0.1, 0.15) is 0 Å². The van der Waals surface area contributed by atoms with Gasteiger partial charge in [0.25, 0.3) is 0 Å². The monoisotopic (exact) mass is 361 g/mol. The molecule has 0 aromatic heterocycles. The summed E-state index contributed by atoms with van der Waals surface area (Å²) in [6, 6.07) is 0. The molecular weight excluding hydrogens is 313 g/mol. The minimum absolute atomic E-state index is 0.0856. The third-order valence-electron chi connectivity index (χ3n) is 3.32. The molecule has 0 N–H and O–H groups in total. The van der Waals surface area contributed by atoms with Crippen molar-refractivity contribution in [3.63, 3.8) is 0 Å². The van der Waals surface area contributed by atoms with E-state index in [1.807, 2.05) is 0 Å². The first-order chi connectivity index (χ1) is 9.12. The molecule has 136 valence electrons. The van der Waals surface area contributed by atoms with Crippen LogP contribution < -0.4 is 0 Å². The normalized spacial score (nSPS) is 14.5. The van der Waals surface area contributed by atoms with Crippen LogP contribution in [0.25, 0.3) is 0 Å². The maximum Gasteiger partial charge on any atom is 0.0675 e. The molecule has 0 aromatic carbocycles. The van der Waals surface area contributed by atoms with Gasteiger partial charge in [0.05, 0.1) is 28.2 Å². The van der Waals surface area contributed by atoms with Gasteiger partial charge in [0, 0.05) is 24.2 Å². The lowest BCUT2D eigenvalue weighted by Crippen LogP contribution is -2.49. The highest BCUT2D eigenvalue weighted by molar-refractivity contribution is 7.07. The molecule has 0 saturated heterocycles. The van der Waals surface area contributed by atoms with Crippen molar-refractivity contribution >= 4 is 30.4 Å². The Kier molecular flexibility index (Phi) is 9.26. The Labute approximate surface area is 146 Å². The second-order valence-corrected chi connectivity index (χ2v) is 29.7. The van der Waals surface area contributed by atoms with Crippen LogP contribution in [0.15, 0.2) is 0 Å². The zero-order valence-electron chi connectivity index (χ0n) is 18.6. The van der Waals surface area contributed by atoms with Gasteiger partial charge >= 0.3 is 0 Å². The predicted octanol–water partition coefficient (Wildman–Crippen LogP) is 6.02. The quantitative estimate of drug-likeness (QED) is 0.401. The summed E-state index contributed by atoms with van der Waals surface area (Å²) in [5.74, 6) is 4.75. The van der Waals surface area contributed by atoms with Crippen LogP contribution in [0.5, 0.6) is 0 Å². The summed E-state index contributed by atoms with van der Waals surface area (Å²) in [6.45, 7) is 25.7. The molecule has 0 heterocycles. The fourth-order valence-electron chi connectivity index (χ4n) is 4.65. The summed E-state index contributed by atoms with van der Waals surface area (Å²) < 4.78 is 1.00. The molecule has 1 nitrogen and oxygen atoms in total. The van der Waals surface area contributed by atoms with E-state index in [2.05, 4.69) is 93.9 Å². The fourth-order valence-corrected chi connectivity index (χ4v) is 15.3. The van der Waals surface area contributed by atoms with Crippen LogP contribution in [0.1, 0.15) is 0 Å². The van der Waals surface area contributed by atoms with Gasteiger partial charge in [-0.05, 0) is 6.15 Å². The van der Waals surface area contributed by atoms with Crippen LogP contribution in [0, 0.1) is 0 Å². The Balaban J connectivity index is 0. The van der Waals surface area contributed by atoms with Crippen LogP contribution >= 0.6 is 0 Å². The van der Waals surface area contributed by atoms with Gasteiger partial charge in [-0.15, -0.1) is 0 Å². The van der Waals surface area contributed by atoms with E-state index in [4.69, 9.17) is 0 Å². The molecule has 0 aromatic rings. The molecule has 0 amide bonds. The Bertz CT molecular complexity index is 270. The zero-order chi connectivity index (χ0) is 18.6. The third kappa shape index (κ3) is 22.9. The molecule has 0 saturated carbocycles. The van der Waals surface area contributed by atoms with Crippen molar-refractivity contribution in [1.82, 2.24) is 0 Å². The number of nitrogens with zero attached hydrogens (tertiary/aromatic N) is 1. The van der Waals surface area contributed by atoms with Crippen LogP contribution in [0.4, 0.5) is 0 Å². The van der Waals surface area contributed by atoms with Gasteiger partial charge in [-0.2, -0.15) is 24.7 Å². The van der Waals surface area contributed by atoms with Gasteiger partial charge in [0.2, 0.25) is 0 Å². The Morgan fingerprint density at radius 1 is 0.545 bits per heavy atom. The first kappa shape index (κ1) is 24.9. The zero-order valence-corrected chi connectivity index (χ0v) is 21.6. The molecule has 0 aliphatic heterocycles. The summed E-state index contributed by atoms with van der Waals surface area (Å²) in [6.07, 6.45) is -0.0856. The number of hydrogen-bond acceptors (Lipinski definition) is 0. The highest BCUT2D eigenvalue weighted by Gasteiger charge is 2.33. The summed E-state index contributed by atoms with van der Waals surface area (Å²) in [4.78, 5) is 0. The second kappa shape index (κ2) is 8.17. The maximum atomic E-state index is 2.66. The van der Waals surface area contributed by atoms with Crippen molar-refractivity contribution in [1.29, 1.82) is 0 Å². The van der Waals surface area contributed by atoms with Crippen LogP contribution in [-0.2, 0) is 0 Å². The highest BCUT2D eigenvalue weighted by atomic mass is 28.3. The summed E-state index contributed by atoms with van der Waals surface area (Å²) in [5, 5.41) is 0. The Morgan fingerprint density at radius 3 is 0.773 bits per heavy atom. The molecule has 0 fully saturated rings.